The molecule has 67 heavy (non-hydrogen) atoms. The molecule has 364 valence electrons. The summed E-state index contributed by atoms with van der Waals surface area (Å²) in [6.45, 7) is 18.8. The van der Waals surface area contributed by atoms with Crippen LogP contribution >= 0.6 is 0 Å². The number of anilines is 1. The van der Waals surface area contributed by atoms with Gasteiger partial charge in [-0.3, -0.25) is 9.59 Å². The molecule has 5 heterocycles. The Hall–Kier alpha value is -4.91. The standard InChI is InChI=1S/C50H66N4O13/c1-24(2)13-12-18-48(10)19-17-29-39(66-48)28(15-14-25(3)4)41-33(40(29)64-45-38(57)37(56)42-32(63-45)22-62-47(8,9)65-42)36(55)34-35(54-23-52-46(51)53-54)30-21-31(26(5)6)50(34,67-41)49(60,43(30)58)20-16-27(7)44(59)61-11/h13-14,16-17,19,23,26,30-32,34-35,37-38,42,45,56-57,60H,12,15,18,20-22H2,1-11H3,(H2,51,53)/b27-16-/t30?,31?,32-,34?,35?,37-,38-,42-,45+,48?,49?,50?/m0/s1. The van der Waals surface area contributed by atoms with Gasteiger partial charge in [0.1, 0.15) is 59.2 Å². The molecule has 7 unspecified atom stereocenters. The highest BCUT2D eigenvalue weighted by molar-refractivity contribution is 6.10. The largest absolute Gasteiger partial charge is 0.482 e. The smallest absolute Gasteiger partial charge is 0.333 e. The molecule has 7 aliphatic rings. The van der Waals surface area contributed by atoms with E-state index in [-0.39, 0.29) is 60.4 Å². The number of aliphatic hydroxyl groups is 3. The predicted molar refractivity (Wildman–Crippen MR) is 244 cm³/mol. The highest BCUT2D eigenvalue weighted by Crippen LogP contribution is 2.67. The Morgan fingerprint density at radius 2 is 1.75 bits per heavy atom. The van der Waals surface area contributed by atoms with Crippen molar-refractivity contribution in [2.24, 2.45) is 23.7 Å². The molecule has 0 amide bonds. The van der Waals surface area contributed by atoms with Gasteiger partial charge < -0.3 is 54.2 Å². The van der Waals surface area contributed by atoms with Crippen LogP contribution in [0.1, 0.15) is 122 Å². The number of methoxy groups -OCH3 is 1. The number of fused-ring (bicyclic) bond motifs is 5. The number of rotatable bonds is 12. The molecule has 0 radical (unpaired) electrons. The number of aromatic nitrogens is 3. The molecular formula is C50H66N4O13. The van der Waals surface area contributed by atoms with Gasteiger partial charge in [0.2, 0.25) is 12.2 Å². The summed E-state index contributed by atoms with van der Waals surface area (Å²) in [5.41, 5.74) is 3.90. The van der Waals surface area contributed by atoms with Crippen LogP contribution in [0.5, 0.6) is 17.2 Å². The Bertz CT molecular complexity index is 2440. The molecule has 1 aromatic heterocycles. The molecule has 1 spiro atoms. The topological polar surface area (TPSA) is 233 Å². The zero-order valence-corrected chi connectivity index (χ0v) is 40.3. The van der Waals surface area contributed by atoms with E-state index in [1.165, 1.54) is 31.1 Å². The molecule has 17 nitrogen and oxygen atoms in total. The molecule has 17 heteroatoms. The maximum atomic E-state index is 16.5. The van der Waals surface area contributed by atoms with E-state index in [0.29, 0.717) is 29.7 Å². The number of Topliss-reactive ketones (excluding diaryl/α,β-unsaturated/α-hetero) is 2. The third kappa shape index (κ3) is 8.12. The number of hydrogen-bond acceptors (Lipinski definition) is 16. The third-order valence-electron chi connectivity index (χ3n) is 14.5. The summed E-state index contributed by atoms with van der Waals surface area (Å²) < 4.78 is 46.1. The predicted octanol–water partition coefficient (Wildman–Crippen LogP) is 5.54. The van der Waals surface area contributed by atoms with Crippen molar-refractivity contribution in [2.45, 2.75) is 161 Å². The molecule has 2 aromatic rings. The Morgan fingerprint density at radius 3 is 2.39 bits per heavy atom. The maximum Gasteiger partial charge on any atom is 0.333 e. The van der Waals surface area contributed by atoms with Gasteiger partial charge in [0.05, 0.1) is 31.2 Å². The second-order valence-electron chi connectivity index (χ2n) is 20.6. The van der Waals surface area contributed by atoms with E-state index in [1.54, 1.807) is 13.8 Å². The van der Waals surface area contributed by atoms with Crippen molar-refractivity contribution in [3.63, 3.8) is 0 Å². The van der Waals surface area contributed by atoms with Crippen molar-refractivity contribution in [1.29, 1.82) is 0 Å². The van der Waals surface area contributed by atoms with E-state index in [2.05, 4.69) is 16.2 Å². The van der Waals surface area contributed by atoms with Crippen molar-refractivity contribution in [2.75, 3.05) is 19.5 Å². The lowest BCUT2D eigenvalue weighted by molar-refractivity contribution is -0.373. The van der Waals surface area contributed by atoms with Gasteiger partial charge in [-0.25, -0.2) is 14.5 Å². The molecule has 3 aliphatic carbocycles. The van der Waals surface area contributed by atoms with Crippen molar-refractivity contribution < 1.29 is 62.9 Å². The Labute approximate surface area is 391 Å². The van der Waals surface area contributed by atoms with E-state index in [0.717, 1.165) is 11.1 Å². The van der Waals surface area contributed by atoms with Gasteiger partial charge in [-0.05, 0) is 99.1 Å². The minimum absolute atomic E-state index is 0.00997. The van der Waals surface area contributed by atoms with Crippen LogP contribution in [0.4, 0.5) is 5.95 Å². The van der Waals surface area contributed by atoms with Crippen LogP contribution in [-0.2, 0) is 35.0 Å². The summed E-state index contributed by atoms with van der Waals surface area (Å²) in [6, 6.07) is -1.05. The van der Waals surface area contributed by atoms with Gasteiger partial charge in [-0.1, -0.05) is 43.2 Å². The lowest BCUT2D eigenvalue weighted by atomic mass is 9.43. The van der Waals surface area contributed by atoms with E-state index >= 15 is 9.59 Å². The Kier molecular flexibility index (Phi) is 12.7. The number of aliphatic hydroxyl groups excluding tert-OH is 2. The van der Waals surface area contributed by atoms with Crippen LogP contribution in [-0.4, -0.2) is 115 Å². The van der Waals surface area contributed by atoms with E-state index < -0.39 is 94.6 Å². The van der Waals surface area contributed by atoms with E-state index in [1.807, 2.05) is 66.7 Å². The van der Waals surface area contributed by atoms with Gasteiger partial charge in [0.25, 0.3) is 0 Å². The Morgan fingerprint density at radius 1 is 1.03 bits per heavy atom. The highest BCUT2D eigenvalue weighted by Gasteiger charge is 2.79. The van der Waals surface area contributed by atoms with Crippen molar-refractivity contribution in [1.82, 2.24) is 14.8 Å². The van der Waals surface area contributed by atoms with Crippen LogP contribution in [0, 0.1) is 23.7 Å². The fraction of sp³-hybridized carbons (Fsp3) is 0.620. The number of nitrogen functional groups attached to an aromatic ring is 1. The first kappa shape index (κ1) is 48.5. The number of nitrogens with two attached hydrogens (primary N) is 1. The Balaban J connectivity index is 1.41. The monoisotopic (exact) mass is 930 g/mol. The number of allylic oxidation sites excluding steroid dienone is 4. The molecule has 1 aromatic carbocycles. The highest BCUT2D eigenvalue weighted by atomic mass is 16.8. The van der Waals surface area contributed by atoms with Crippen LogP contribution in [0.2, 0.25) is 0 Å². The van der Waals surface area contributed by atoms with Gasteiger partial charge in [0, 0.05) is 29.4 Å². The average Bonchev–Trinajstić information content (AvgIpc) is 3.70. The first-order valence-electron chi connectivity index (χ1n) is 23.3. The van der Waals surface area contributed by atoms with Gasteiger partial charge >= 0.3 is 5.97 Å². The van der Waals surface area contributed by atoms with Crippen molar-refractivity contribution >= 4 is 29.6 Å². The fourth-order valence-electron chi connectivity index (χ4n) is 11.2. The van der Waals surface area contributed by atoms with Crippen molar-refractivity contribution in [3.05, 3.63) is 64.0 Å². The average molecular weight is 931 g/mol. The number of carbonyl (C=O) groups excluding carboxylic acids is 3. The quantitative estimate of drug-likeness (QED) is 0.116. The maximum absolute atomic E-state index is 16.5. The van der Waals surface area contributed by atoms with Crippen LogP contribution < -0.4 is 19.9 Å². The second-order valence-corrected chi connectivity index (χ2v) is 20.6. The number of ether oxygens (including phenoxy) is 7. The number of hydrogen-bond donors (Lipinski definition) is 4. The zero-order chi connectivity index (χ0) is 48.7. The summed E-state index contributed by atoms with van der Waals surface area (Å²) in [4.78, 5) is 48.7. The van der Waals surface area contributed by atoms with E-state index in [4.69, 9.17) is 38.9 Å². The van der Waals surface area contributed by atoms with Crippen LogP contribution in [0.25, 0.3) is 6.08 Å². The molecule has 5 fully saturated rings. The number of carbonyl (C=O) groups is 3. The SMILES string of the molecule is COC(=O)/C(C)=C\CC1(O)C(=O)C2CC(C(C)C)C13Oc1c(CC=C(C)C)c4c(c(O[C@H]5O[C@H]6COC(C)(C)O[C@@H]6[C@@H](O)[C@@H]5O)c1C(=O)C3C2n1cnc(N)n1)C=CC(C)(CCC=C(C)C)O4. The fourth-order valence-corrected chi connectivity index (χ4v) is 11.2. The van der Waals surface area contributed by atoms with Gasteiger partial charge in [-0.15, -0.1) is 5.10 Å². The summed E-state index contributed by atoms with van der Waals surface area (Å²) >= 11 is 0. The first-order valence-corrected chi connectivity index (χ1v) is 23.3. The first-order chi connectivity index (χ1) is 31.5. The normalized spacial score (nSPS) is 34.8. The second kappa shape index (κ2) is 17.6. The molecule has 5 N–H and O–H groups in total. The minimum Gasteiger partial charge on any atom is -0.482 e. The number of benzene rings is 1. The molecular weight excluding hydrogens is 865 g/mol. The molecule has 9 rings (SSSR count). The molecule has 4 aliphatic heterocycles. The summed E-state index contributed by atoms with van der Waals surface area (Å²) in [5, 5.41) is 41.3. The van der Waals surface area contributed by atoms with Crippen LogP contribution in [0.15, 0.2) is 47.4 Å². The molecule has 2 saturated heterocycles. The summed E-state index contributed by atoms with van der Waals surface area (Å²) in [6.07, 6.45) is 5.41. The summed E-state index contributed by atoms with van der Waals surface area (Å²) in [7, 11) is 1.24. The minimum atomic E-state index is -2.39. The third-order valence-corrected chi connectivity index (χ3v) is 14.5. The lowest BCUT2D eigenvalue weighted by Crippen LogP contribution is -2.81. The zero-order valence-electron chi connectivity index (χ0n) is 40.3. The lowest BCUT2D eigenvalue weighted by Gasteiger charge is -2.66. The molecule has 2 bridgehead atoms. The number of nitrogens with zero attached hydrogens (tertiary/aromatic N) is 3. The number of esters is 1. The van der Waals surface area contributed by atoms with Gasteiger partial charge in [0.15, 0.2) is 28.6 Å². The van der Waals surface area contributed by atoms with Crippen molar-refractivity contribution in [3.8, 4) is 17.2 Å². The molecule has 3 saturated carbocycles. The summed E-state index contributed by atoms with van der Waals surface area (Å²) in [5.74, 6) is -5.85. The number of ketones is 2. The molecule has 12 atom stereocenters. The van der Waals surface area contributed by atoms with Crippen LogP contribution in [0.3, 0.4) is 0 Å². The van der Waals surface area contributed by atoms with Gasteiger partial charge in [-0.2, -0.15) is 0 Å². The van der Waals surface area contributed by atoms with E-state index in [9.17, 15) is 20.1 Å².